The summed E-state index contributed by atoms with van der Waals surface area (Å²) in [5.74, 6) is 1.43. The van der Waals surface area contributed by atoms with Gasteiger partial charge < -0.3 is 14.9 Å². The van der Waals surface area contributed by atoms with Crippen molar-refractivity contribution in [2.45, 2.75) is 12.8 Å². The van der Waals surface area contributed by atoms with Crippen LogP contribution in [0, 0.1) is 0 Å². The zero-order valence-corrected chi connectivity index (χ0v) is 19.8. The maximum absolute atomic E-state index is 9.70. The first-order chi connectivity index (χ1) is 17.2. The summed E-state index contributed by atoms with van der Waals surface area (Å²) in [6.07, 6.45) is 4.68. The van der Waals surface area contributed by atoms with Crippen molar-refractivity contribution in [1.82, 2.24) is 0 Å². The van der Waals surface area contributed by atoms with Crippen LogP contribution in [0.2, 0.25) is 0 Å². The molecule has 0 aromatic heterocycles. The number of rotatable bonds is 10. The van der Waals surface area contributed by atoms with Crippen LogP contribution in [0.4, 0.5) is 0 Å². The van der Waals surface area contributed by atoms with E-state index in [1.165, 1.54) is 0 Å². The first-order valence-electron chi connectivity index (χ1n) is 11.8. The van der Waals surface area contributed by atoms with Gasteiger partial charge >= 0.3 is 0 Å². The maximum Gasteiger partial charge on any atom is 0.135 e. The van der Waals surface area contributed by atoms with Gasteiger partial charge in [-0.05, 0) is 58.4 Å². The standard InChI is InChI=1S/C32H30O3/c1-3-23-11-15-27(16-12-23)31-25(19-21-33)7-5-9-29(31)35-30-10-6-8-26(20-22-34)32(30)28-17-13-24(4-2)14-18-28/h3-18,33-34H,1-2,19-22H2. The number of aliphatic hydroxyl groups excluding tert-OH is 2. The van der Waals surface area contributed by atoms with Gasteiger partial charge in [-0.2, -0.15) is 0 Å². The highest BCUT2D eigenvalue weighted by atomic mass is 16.5. The van der Waals surface area contributed by atoms with E-state index in [-0.39, 0.29) is 13.2 Å². The average Bonchev–Trinajstić information content (AvgIpc) is 2.90. The summed E-state index contributed by atoms with van der Waals surface area (Å²) in [6, 6.07) is 28.2. The molecule has 4 aromatic rings. The second kappa shape index (κ2) is 11.5. The van der Waals surface area contributed by atoms with E-state index in [2.05, 4.69) is 37.4 Å². The van der Waals surface area contributed by atoms with Gasteiger partial charge in [0.05, 0.1) is 0 Å². The van der Waals surface area contributed by atoms with Gasteiger partial charge in [0.15, 0.2) is 0 Å². The minimum atomic E-state index is 0.0497. The number of aliphatic hydroxyl groups is 2. The molecule has 0 amide bonds. The summed E-state index contributed by atoms with van der Waals surface area (Å²) >= 11 is 0. The third kappa shape index (κ3) is 5.43. The molecule has 176 valence electrons. The summed E-state index contributed by atoms with van der Waals surface area (Å²) in [6.45, 7) is 7.79. The van der Waals surface area contributed by atoms with Crippen LogP contribution in [0.3, 0.4) is 0 Å². The molecule has 4 rings (SSSR count). The lowest BCUT2D eigenvalue weighted by Crippen LogP contribution is -2.00. The molecule has 0 radical (unpaired) electrons. The van der Waals surface area contributed by atoms with Crippen LogP contribution in [0.15, 0.2) is 98.1 Å². The molecule has 0 saturated carbocycles. The van der Waals surface area contributed by atoms with Crippen LogP contribution in [0.1, 0.15) is 22.3 Å². The summed E-state index contributed by atoms with van der Waals surface area (Å²) in [5, 5.41) is 19.4. The molecule has 3 nitrogen and oxygen atoms in total. The molecule has 3 heteroatoms. The monoisotopic (exact) mass is 462 g/mol. The molecule has 0 aliphatic heterocycles. The lowest BCUT2D eigenvalue weighted by atomic mass is 9.94. The lowest BCUT2D eigenvalue weighted by Gasteiger charge is -2.19. The molecule has 0 aliphatic rings. The van der Waals surface area contributed by atoms with E-state index in [0.29, 0.717) is 24.3 Å². The number of hydrogen-bond acceptors (Lipinski definition) is 3. The van der Waals surface area contributed by atoms with E-state index in [1.807, 2.05) is 72.8 Å². The highest BCUT2D eigenvalue weighted by Crippen LogP contribution is 2.41. The molecule has 0 bridgehead atoms. The van der Waals surface area contributed by atoms with Crippen molar-refractivity contribution in [2.24, 2.45) is 0 Å². The molecule has 0 spiro atoms. The summed E-state index contributed by atoms with van der Waals surface area (Å²) < 4.78 is 6.63. The Morgan fingerprint density at radius 3 is 1.31 bits per heavy atom. The molecule has 0 atom stereocenters. The van der Waals surface area contributed by atoms with E-state index in [9.17, 15) is 10.2 Å². The van der Waals surface area contributed by atoms with Gasteiger partial charge in [0.2, 0.25) is 0 Å². The predicted octanol–water partition coefficient (Wildman–Crippen LogP) is 7.17. The Balaban J connectivity index is 1.85. The average molecular weight is 463 g/mol. The van der Waals surface area contributed by atoms with Gasteiger partial charge in [-0.3, -0.25) is 0 Å². The van der Waals surface area contributed by atoms with Crippen molar-refractivity contribution >= 4 is 12.2 Å². The van der Waals surface area contributed by atoms with Crippen LogP contribution < -0.4 is 4.74 Å². The molecule has 2 N–H and O–H groups in total. The molecule has 0 saturated heterocycles. The summed E-state index contributed by atoms with van der Waals surface area (Å²) in [7, 11) is 0. The fraction of sp³-hybridized carbons (Fsp3) is 0.125. The van der Waals surface area contributed by atoms with Crippen LogP contribution in [0.25, 0.3) is 34.4 Å². The Morgan fingerprint density at radius 1 is 0.571 bits per heavy atom. The van der Waals surface area contributed by atoms with E-state index in [4.69, 9.17) is 4.74 Å². The number of hydrogen-bond donors (Lipinski definition) is 2. The van der Waals surface area contributed by atoms with Crippen molar-refractivity contribution in [1.29, 1.82) is 0 Å². The van der Waals surface area contributed by atoms with Gasteiger partial charge in [-0.25, -0.2) is 0 Å². The highest BCUT2D eigenvalue weighted by Gasteiger charge is 2.17. The van der Waals surface area contributed by atoms with Crippen LogP contribution in [0.5, 0.6) is 11.5 Å². The smallest absolute Gasteiger partial charge is 0.135 e. The Hall–Kier alpha value is -3.92. The molecule has 0 heterocycles. The Kier molecular flexibility index (Phi) is 7.94. The Bertz CT molecular complexity index is 1200. The van der Waals surface area contributed by atoms with Gasteiger partial charge in [0, 0.05) is 24.3 Å². The van der Waals surface area contributed by atoms with Crippen LogP contribution >= 0.6 is 0 Å². The highest BCUT2D eigenvalue weighted by molar-refractivity contribution is 5.79. The lowest BCUT2D eigenvalue weighted by molar-refractivity contribution is 0.299. The number of benzene rings is 4. The van der Waals surface area contributed by atoms with Crippen molar-refractivity contribution in [3.8, 4) is 33.8 Å². The summed E-state index contributed by atoms with van der Waals surface area (Å²) in [4.78, 5) is 0. The van der Waals surface area contributed by atoms with E-state index in [1.54, 1.807) is 0 Å². The first kappa shape index (κ1) is 24.2. The van der Waals surface area contributed by atoms with Gasteiger partial charge in [0.1, 0.15) is 11.5 Å². The zero-order valence-electron chi connectivity index (χ0n) is 19.8. The van der Waals surface area contributed by atoms with Gasteiger partial charge in [-0.1, -0.05) is 98.1 Å². The summed E-state index contributed by atoms with van der Waals surface area (Å²) in [5.41, 5.74) is 8.04. The van der Waals surface area contributed by atoms with Gasteiger partial charge in [-0.15, -0.1) is 0 Å². The third-order valence-corrected chi connectivity index (χ3v) is 6.08. The topological polar surface area (TPSA) is 49.7 Å². The minimum Gasteiger partial charge on any atom is -0.456 e. The third-order valence-electron chi connectivity index (χ3n) is 6.08. The van der Waals surface area contributed by atoms with E-state index >= 15 is 0 Å². The van der Waals surface area contributed by atoms with Crippen molar-refractivity contribution in [3.05, 3.63) is 120 Å². The van der Waals surface area contributed by atoms with Crippen molar-refractivity contribution in [3.63, 3.8) is 0 Å². The molecule has 0 unspecified atom stereocenters. The number of ether oxygens (including phenoxy) is 1. The van der Waals surface area contributed by atoms with Crippen LogP contribution in [-0.2, 0) is 12.8 Å². The fourth-order valence-electron chi connectivity index (χ4n) is 4.33. The Morgan fingerprint density at radius 2 is 0.971 bits per heavy atom. The first-order valence-corrected chi connectivity index (χ1v) is 11.8. The SMILES string of the molecule is C=Cc1ccc(-c2c(CCO)cccc2Oc2cccc(CCO)c2-c2ccc(C=C)cc2)cc1. The quantitative estimate of drug-likeness (QED) is 0.263. The van der Waals surface area contributed by atoms with E-state index < -0.39 is 0 Å². The molecule has 35 heavy (non-hydrogen) atoms. The largest absolute Gasteiger partial charge is 0.456 e. The molecular weight excluding hydrogens is 432 g/mol. The molecule has 4 aromatic carbocycles. The normalized spacial score (nSPS) is 10.7. The molecule has 0 aliphatic carbocycles. The minimum absolute atomic E-state index is 0.0497. The van der Waals surface area contributed by atoms with Crippen molar-refractivity contribution < 1.29 is 14.9 Å². The second-order valence-corrected chi connectivity index (χ2v) is 8.28. The fourth-order valence-corrected chi connectivity index (χ4v) is 4.33. The predicted molar refractivity (Wildman–Crippen MR) is 146 cm³/mol. The Labute approximate surface area is 207 Å². The van der Waals surface area contributed by atoms with Crippen molar-refractivity contribution in [2.75, 3.05) is 13.2 Å². The maximum atomic E-state index is 9.70. The van der Waals surface area contributed by atoms with E-state index in [0.717, 1.165) is 44.5 Å². The van der Waals surface area contributed by atoms with Gasteiger partial charge in [0.25, 0.3) is 0 Å². The molecule has 0 fully saturated rings. The van der Waals surface area contributed by atoms with Crippen LogP contribution in [-0.4, -0.2) is 23.4 Å². The second-order valence-electron chi connectivity index (χ2n) is 8.28. The molecular formula is C32H30O3. The zero-order chi connectivity index (χ0) is 24.6.